The Morgan fingerprint density at radius 3 is 2.42 bits per heavy atom. The molecule has 0 fully saturated rings. The van der Waals surface area contributed by atoms with Crippen LogP contribution in [-0.2, 0) is 22.7 Å². The minimum atomic E-state index is -4.54. The maximum Gasteiger partial charge on any atom is 0.420 e. The first kappa shape index (κ1) is 18.5. The largest absolute Gasteiger partial charge is 0.486 e. The Labute approximate surface area is 148 Å². The predicted molar refractivity (Wildman–Crippen MR) is 85.9 cm³/mol. The number of fused-ring (bicyclic) bond motifs is 1. The number of benzene rings is 2. The van der Waals surface area contributed by atoms with Gasteiger partial charge in [0.15, 0.2) is 11.5 Å². The van der Waals surface area contributed by atoms with Crippen LogP contribution in [0.5, 0.6) is 11.5 Å². The number of rotatable bonds is 4. The van der Waals surface area contributed by atoms with E-state index < -0.39 is 28.0 Å². The molecule has 2 aromatic rings. The number of hydrogen-bond acceptors (Lipinski definition) is 4. The van der Waals surface area contributed by atoms with Gasteiger partial charge in [-0.25, -0.2) is 0 Å². The van der Waals surface area contributed by atoms with Crippen LogP contribution < -0.4 is 9.47 Å². The fourth-order valence-corrected chi connectivity index (χ4v) is 3.14. The van der Waals surface area contributed by atoms with Gasteiger partial charge in [0.05, 0.1) is 4.90 Å². The summed E-state index contributed by atoms with van der Waals surface area (Å²) in [6.45, 7) is 0.122. The third kappa shape index (κ3) is 4.10. The van der Waals surface area contributed by atoms with Gasteiger partial charge in [0.1, 0.15) is 18.3 Å². The molecule has 0 aliphatic carbocycles. The molecule has 1 aliphatic heterocycles. The van der Waals surface area contributed by atoms with Crippen molar-refractivity contribution in [3.63, 3.8) is 0 Å². The molecule has 1 aliphatic rings. The van der Waals surface area contributed by atoms with Crippen LogP contribution in [0.25, 0.3) is 0 Å². The number of hydrogen-bond donors (Lipinski definition) is 1. The Hall–Kier alpha value is -2.26. The molecular formula is C17H15F3O5S. The van der Waals surface area contributed by atoms with E-state index in [2.05, 4.69) is 0 Å². The number of ether oxygens (including phenoxy) is 2. The lowest BCUT2D eigenvalue weighted by Gasteiger charge is -2.28. The van der Waals surface area contributed by atoms with Crippen LogP contribution in [0.15, 0.2) is 47.4 Å². The molecule has 0 aromatic heterocycles. The molecule has 1 atom stereocenters. The second-order valence-electron chi connectivity index (χ2n) is 5.84. The Morgan fingerprint density at radius 1 is 1.12 bits per heavy atom. The van der Waals surface area contributed by atoms with Crippen LogP contribution >= 0.6 is 0 Å². The number of halogens is 3. The van der Waals surface area contributed by atoms with Crippen LogP contribution in [0, 0.1) is 0 Å². The molecule has 0 unspecified atom stereocenters. The molecule has 1 heterocycles. The van der Waals surface area contributed by atoms with Crippen molar-refractivity contribution in [1.82, 2.24) is 0 Å². The first-order chi connectivity index (χ1) is 12.1. The first-order valence-electron chi connectivity index (χ1n) is 7.71. The summed E-state index contributed by atoms with van der Waals surface area (Å²) < 4.78 is 81.1. The lowest BCUT2D eigenvalue weighted by Crippen LogP contribution is -2.31. The molecule has 26 heavy (non-hydrogen) atoms. The standard InChI is InChI=1S/C17H15F3O5S/c18-17(19,20)14-2-1-3-15-16(14)25-12(10-24-15)7-4-11-5-8-13(9-6-11)26(21,22)23/h1-3,5-6,8-9,12H,4,7,10H2,(H,21,22,23)/t12-/m1/s1. The van der Waals surface area contributed by atoms with E-state index in [0.717, 1.165) is 11.6 Å². The van der Waals surface area contributed by atoms with Crippen LogP contribution in [0.3, 0.4) is 0 Å². The van der Waals surface area contributed by atoms with Gasteiger partial charge in [-0.1, -0.05) is 18.2 Å². The van der Waals surface area contributed by atoms with Crippen LogP contribution in [0.1, 0.15) is 17.5 Å². The topological polar surface area (TPSA) is 72.8 Å². The fraction of sp³-hybridized carbons (Fsp3) is 0.294. The quantitative estimate of drug-likeness (QED) is 0.808. The van der Waals surface area contributed by atoms with E-state index in [-0.39, 0.29) is 23.0 Å². The molecule has 3 rings (SSSR count). The van der Waals surface area contributed by atoms with Crippen molar-refractivity contribution in [3.05, 3.63) is 53.6 Å². The van der Waals surface area contributed by atoms with E-state index in [1.54, 1.807) is 0 Å². The van der Waals surface area contributed by atoms with Gasteiger partial charge in [0.2, 0.25) is 0 Å². The highest BCUT2D eigenvalue weighted by molar-refractivity contribution is 7.85. The van der Waals surface area contributed by atoms with E-state index in [1.165, 1.54) is 36.4 Å². The summed E-state index contributed by atoms with van der Waals surface area (Å²) in [4.78, 5) is -0.220. The number of para-hydroxylation sites is 1. The summed E-state index contributed by atoms with van der Waals surface area (Å²) in [5.41, 5.74) is -0.117. The van der Waals surface area contributed by atoms with Gasteiger partial charge < -0.3 is 9.47 Å². The van der Waals surface area contributed by atoms with Gasteiger partial charge in [-0.2, -0.15) is 21.6 Å². The summed E-state index contributed by atoms with van der Waals surface area (Å²) >= 11 is 0. The van der Waals surface area contributed by atoms with Crippen molar-refractivity contribution in [2.24, 2.45) is 0 Å². The van der Waals surface area contributed by atoms with Crippen molar-refractivity contribution >= 4 is 10.1 Å². The minimum Gasteiger partial charge on any atom is -0.486 e. The van der Waals surface area contributed by atoms with Crippen LogP contribution in [0.2, 0.25) is 0 Å². The zero-order valence-corrected chi connectivity index (χ0v) is 14.2. The Balaban J connectivity index is 1.68. The van der Waals surface area contributed by atoms with E-state index >= 15 is 0 Å². The van der Waals surface area contributed by atoms with E-state index in [1.807, 2.05) is 0 Å². The third-order valence-corrected chi connectivity index (χ3v) is 4.84. The second-order valence-corrected chi connectivity index (χ2v) is 7.26. The third-order valence-electron chi connectivity index (χ3n) is 3.97. The summed E-state index contributed by atoms with van der Waals surface area (Å²) in [6, 6.07) is 9.22. The summed E-state index contributed by atoms with van der Waals surface area (Å²) in [6.07, 6.45) is -4.27. The highest BCUT2D eigenvalue weighted by atomic mass is 32.2. The van der Waals surface area contributed by atoms with Gasteiger partial charge in [0.25, 0.3) is 10.1 Å². The summed E-state index contributed by atoms with van der Waals surface area (Å²) in [7, 11) is -4.26. The SMILES string of the molecule is O=S(=O)(O)c1ccc(CC[C@@H]2COc3cccc(C(F)(F)F)c3O2)cc1. The summed E-state index contributed by atoms with van der Waals surface area (Å²) in [5.74, 6) is -0.244. The van der Waals surface area contributed by atoms with Gasteiger partial charge in [-0.15, -0.1) is 0 Å². The molecule has 0 saturated carbocycles. The molecule has 0 saturated heterocycles. The maximum absolute atomic E-state index is 13.1. The van der Waals surface area contributed by atoms with Crippen LogP contribution in [0.4, 0.5) is 13.2 Å². The average molecular weight is 388 g/mol. The van der Waals surface area contributed by atoms with Gasteiger partial charge >= 0.3 is 6.18 Å². The van der Waals surface area contributed by atoms with Gasteiger partial charge in [-0.3, -0.25) is 4.55 Å². The van der Waals surface area contributed by atoms with E-state index in [9.17, 15) is 21.6 Å². The Morgan fingerprint density at radius 2 is 1.81 bits per heavy atom. The smallest absolute Gasteiger partial charge is 0.420 e. The molecule has 9 heteroatoms. The fourth-order valence-electron chi connectivity index (χ4n) is 2.66. The first-order valence-corrected chi connectivity index (χ1v) is 9.15. The van der Waals surface area contributed by atoms with Crippen molar-refractivity contribution in [1.29, 1.82) is 0 Å². The lowest BCUT2D eigenvalue weighted by molar-refractivity contribution is -0.140. The maximum atomic E-state index is 13.1. The Bertz CT molecular complexity index is 892. The monoisotopic (exact) mass is 388 g/mol. The molecule has 5 nitrogen and oxygen atoms in total. The average Bonchev–Trinajstić information content (AvgIpc) is 2.58. The van der Waals surface area contributed by atoms with Gasteiger partial charge in [-0.05, 0) is 42.7 Å². The molecule has 0 spiro atoms. The molecule has 0 amide bonds. The Kier molecular flexibility index (Phi) is 4.85. The zero-order chi connectivity index (χ0) is 18.9. The molecular weight excluding hydrogens is 373 g/mol. The molecule has 0 bridgehead atoms. The molecule has 1 N–H and O–H groups in total. The summed E-state index contributed by atoms with van der Waals surface area (Å²) in [5, 5.41) is 0. The van der Waals surface area contributed by atoms with Crippen molar-refractivity contribution < 1.29 is 35.6 Å². The predicted octanol–water partition coefficient (Wildman–Crippen LogP) is 3.72. The highest BCUT2D eigenvalue weighted by Crippen LogP contribution is 2.43. The van der Waals surface area contributed by atoms with E-state index in [0.29, 0.717) is 12.8 Å². The van der Waals surface area contributed by atoms with Gasteiger partial charge in [0, 0.05) is 0 Å². The second kappa shape index (κ2) is 6.81. The highest BCUT2D eigenvalue weighted by Gasteiger charge is 2.38. The minimum absolute atomic E-state index is 0.0635. The van der Waals surface area contributed by atoms with Crippen molar-refractivity contribution in [2.75, 3.05) is 6.61 Å². The van der Waals surface area contributed by atoms with Crippen molar-refractivity contribution in [2.45, 2.75) is 30.0 Å². The normalized spacial score (nSPS) is 17.2. The number of aryl methyl sites for hydroxylation is 1. The number of alkyl halides is 3. The molecule has 2 aromatic carbocycles. The zero-order valence-electron chi connectivity index (χ0n) is 13.4. The lowest BCUT2D eigenvalue weighted by atomic mass is 10.1. The van der Waals surface area contributed by atoms with Crippen molar-refractivity contribution in [3.8, 4) is 11.5 Å². The van der Waals surface area contributed by atoms with Crippen LogP contribution in [-0.4, -0.2) is 25.7 Å². The molecule has 140 valence electrons. The molecule has 0 radical (unpaired) electrons. The van der Waals surface area contributed by atoms with E-state index in [4.69, 9.17) is 14.0 Å².